The zero-order valence-corrected chi connectivity index (χ0v) is 24.5. The fraction of sp³-hybridized carbons (Fsp3) is 0.576. The second kappa shape index (κ2) is 11.4. The number of benzene rings is 1. The van der Waals surface area contributed by atoms with E-state index in [0.717, 1.165) is 76.0 Å². The second-order valence-corrected chi connectivity index (χ2v) is 12.6. The van der Waals surface area contributed by atoms with Crippen LogP contribution < -0.4 is 0 Å². The summed E-state index contributed by atoms with van der Waals surface area (Å²) in [4.78, 5) is 25.4. The number of piperidine rings is 1. The van der Waals surface area contributed by atoms with Gasteiger partial charge >= 0.3 is 0 Å². The predicted molar refractivity (Wildman–Crippen MR) is 159 cm³/mol. The third-order valence-electron chi connectivity index (χ3n) is 9.03. The summed E-state index contributed by atoms with van der Waals surface area (Å²) in [6.07, 6.45) is 6.81. The Morgan fingerprint density at radius 3 is 2.44 bits per heavy atom. The van der Waals surface area contributed by atoms with Crippen molar-refractivity contribution in [2.24, 2.45) is 0 Å². The van der Waals surface area contributed by atoms with Gasteiger partial charge in [-0.3, -0.25) is 14.7 Å². The number of hydrogen-bond donors (Lipinski definition) is 2. The molecule has 39 heavy (non-hydrogen) atoms. The van der Waals surface area contributed by atoms with Crippen LogP contribution in [0.4, 0.5) is 0 Å². The first-order chi connectivity index (χ1) is 18.6. The molecule has 5 rings (SSSR count). The first-order valence-corrected chi connectivity index (χ1v) is 14.9. The number of carbonyl (C=O) groups is 1. The Labute approximate surface area is 233 Å². The van der Waals surface area contributed by atoms with Crippen LogP contribution in [0.2, 0.25) is 0 Å². The highest BCUT2D eigenvalue weighted by Crippen LogP contribution is 2.38. The van der Waals surface area contributed by atoms with E-state index in [0.29, 0.717) is 18.4 Å². The Morgan fingerprint density at radius 1 is 1.13 bits per heavy atom. The molecule has 0 atom stereocenters. The number of aromatic nitrogens is 2. The maximum Gasteiger partial charge on any atom is 0.236 e. The standard InChI is InChI=1S/C33H46N4O2/c1-22(2)31-28-20-26(8-9-29(28)35-32(31)27-18-23(3)34-24(4)19-27)25-10-15-37(16-11-25)30(38)21-36(5)17-14-33(39)12-6-7-13-33/h8-9,18-20,22,25,35,39H,6-7,10-17,21H2,1-5H3. The van der Waals surface area contributed by atoms with E-state index in [1.807, 2.05) is 11.9 Å². The number of nitrogens with one attached hydrogen (secondary N) is 1. The molecule has 2 fully saturated rings. The fourth-order valence-corrected chi connectivity index (χ4v) is 6.84. The molecule has 1 aromatic carbocycles. The average Bonchev–Trinajstić information content (AvgIpc) is 3.51. The summed E-state index contributed by atoms with van der Waals surface area (Å²) >= 11 is 0. The van der Waals surface area contributed by atoms with Gasteiger partial charge in [0.05, 0.1) is 17.8 Å². The average molecular weight is 531 g/mol. The number of aliphatic hydroxyl groups is 1. The highest BCUT2D eigenvalue weighted by atomic mass is 16.3. The molecule has 0 unspecified atom stereocenters. The smallest absolute Gasteiger partial charge is 0.236 e. The van der Waals surface area contributed by atoms with E-state index in [2.05, 4.69) is 72.9 Å². The van der Waals surface area contributed by atoms with Crippen molar-refractivity contribution in [2.45, 2.75) is 90.1 Å². The van der Waals surface area contributed by atoms with Gasteiger partial charge in [-0.2, -0.15) is 0 Å². The summed E-state index contributed by atoms with van der Waals surface area (Å²) in [5.41, 5.74) is 7.91. The molecule has 2 aliphatic rings. The lowest BCUT2D eigenvalue weighted by atomic mass is 9.87. The summed E-state index contributed by atoms with van der Waals surface area (Å²) < 4.78 is 0. The van der Waals surface area contributed by atoms with E-state index in [4.69, 9.17) is 0 Å². The van der Waals surface area contributed by atoms with E-state index >= 15 is 0 Å². The first-order valence-electron chi connectivity index (χ1n) is 14.9. The molecule has 1 saturated heterocycles. The minimum atomic E-state index is -0.511. The molecule has 0 bridgehead atoms. The van der Waals surface area contributed by atoms with Crippen LogP contribution in [-0.2, 0) is 4.79 Å². The minimum Gasteiger partial charge on any atom is -0.390 e. The molecular weight excluding hydrogens is 484 g/mol. The zero-order valence-electron chi connectivity index (χ0n) is 24.5. The van der Waals surface area contributed by atoms with Crippen LogP contribution in [0.15, 0.2) is 30.3 Å². The summed E-state index contributed by atoms with van der Waals surface area (Å²) in [6, 6.07) is 11.3. The van der Waals surface area contributed by atoms with Crippen molar-refractivity contribution in [1.82, 2.24) is 19.8 Å². The van der Waals surface area contributed by atoms with Crippen LogP contribution >= 0.6 is 0 Å². The van der Waals surface area contributed by atoms with E-state index in [1.165, 1.54) is 33.3 Å². The Hall–Kier alpha value is -2.70. The van der Waals surface area contributed by atoms with Crippen molar-refractivity contribution >= 4 is 16.8 Å². The van der Waals surface area contributed by atoms with Crippen LogP contribution in [0.1, 0.15) is 93.1 Å². The number of aromatic amines is 1. The fourth-order valence-electron chi connectivity index (χ4n) is 6.84. The quantitative estimate of drug-likeness (QED) is 0.358. The van der Waals surface area contributed by atoms with E-state index < -0.39 is 5.60 Å². The van der Waals surface area contributed by atoms with Crippen LogP contribution in [-0.4, -0.2) is 69.6 Å². The summed E-state index contributed by atoms with van der Waals surface area (Å²) in [5.74, 6) is 1.07. The monoisotopic (exact) mass is 530 g/mol. The number of H-pyrrole nitrogens is 1. The lowest BCUT2D eigenvalue weighted by molar-refractivity contribution is -0.133. The molecule has 1 aliphatic carbocycles. The molecule has 0 radical (unpaired) electrons. The third kappa shape index (κ3) is 6.22. The molecule has 2 aromatic heterocycles. The van der Waals surface area contributed by atoms with Gasteiger partial charge in [0, 0.05) is 47.5 Å². The van der Waals surface area contributed by atoms with Crippen LogP contribution in [0.3, 0.4) is 0 Å². The van der Waals surface area contributed by atoms with Crippen molar-refractivity contribution in [3.05, 3.63) is 52.8 Å². The largest absolute Gasteiger partial charge is 0.390 e. The summed E-state index contributed by atoms with van der Waals surface area (Å²) in [7, 11) is 2.00. The van der Waals surface area contributed by atoms with Gasteiger partial charge in [0.25, 0.3) is 0 Å². The highest BCUT2D eigenvalue weighted by Gasteiger charge is 2.31. The Morgan fingerprint density at radius 2 is 1.79 bits per heavy atom. The van der Waals surface area contributed by atoms with Gasteiger partial charge in [0.15, 0.2) is 0 Å². The first kappa shape index (κ1) is 27.9. The van der Waals surface area contributed by atoms with Gasteiger partial charge in [-0.1, -0.05) is 32.8 Å². The second-order valence-electron chi connectivity index (χ2n) is 12.6. The number of likely N-dealkylation sites (N-methyl/N-ethyl adjacent to an activating group) is 1. The van der Waals surface area contributed by atoms with Crippen molar-refractivity contribution in [1.29, 1.82) is 0 Å². The number of aryl methyl sites for hydroxylation is 2. The molecule has 0 spiro atoms. The van der Waals surface area contributed by atoms with Crippen molar-refractivity contribution in [3.8, 4) is 11.3 Å². The molecule has 3 aromatic rings. The maximum absolute atomic E-state index is 13.0. The molecule has 2 N–H and O–H groups in total. The maximum atomic E-state index is 13.0. The van der Waals surface area contributed by atoms with Gasteiger partial charge in [-0.15, -0.1) is 0 Å². The van der Waals surface area contributed by atoms with E-state index in [-0.39, 0.29) is 5.91 Å². The molecule has 6 heteroatoms. The molecule has 6 nitrogen and oxygen atoms in total. The number of pyridine rings is 1. The van der Waals surface area contributed by atoms with Gasteiger partial charge in [-0.05, 0) is 100 Å². The van der Waals surface area contributed by atoms with E-state index in [9.17, 15) is 9.90 Å². The van der Waals surface area contributed by atoms with Gasteiger partial charge in [0.2, 0.25) is 5.91 Å². The molecule has 210 valence electrons. The predicted octanol–water partition coefficient (Wildman–Crippen LogP) is 6.30. The van der Waals surface area contributed by atoms with Crippen LogP contribution in [0.25, 0.3) is 22.2 Å². The Balaban J connectivity index is 1.24. The van der Waals surface area contributed by atoms with Crippen LogP contribution in [0, 0.1) is 13.8 Å². The lowest BCUT2D eigenvalue weighted by Crippen LogP contribution is -2.43. The Bertz CT molecular complexity index is 1290. The molecule has 1 amide bonds. The number of nitrogens with zero attached hydrogens (tertiary/aromatic N) is 3. The van der Waals surface area contributed by atoms with Gasteiger partial charge < -0.3 is 15.0 Å². The van der Waals surface area contributed by atoms with E-state index in [1.54, 1.807) is 0 Å². The normalized spacial score (nSPS) is 18.1. The molecular formula is C33H46N4O2. The number of rotatable bonds is 8. The van der Waals surface area contributed by atoms with Gasteiger partial charge in [-0.25, -0.2) is 0 Å². The molecule has 1 saturated carbocycles. The lowest BCUT2D eigenvalue weighted by Gasteiger charge is -2.33. The summed E-state index contributed by atoms with van der Waals surface area (Å²) in [5, 5.41) is 11.9. The molecule has 3 heterocycles. The number of amides is 1. The topological polar surface area (TPSA) is 72.5 Å². The Kier molecular flexibility index (Phi) is 8.16. The van der Waals surface area contributed by atoms with Crippen molar-refractivity contribution in [3.63, 3.8) is 0 Å². The number of hydrogen-bond acceptors (Lipinski definition) is 4. The SMILES string of the molecule is Cc1cc(-c2[nH]c3ccc(C4CCN(C(=O)CN(C)CCC5(O)CCCC5)CC4)cc3c2C(C)C)cc(C)n1. The number of carbonyl (C=O) groups excluding carboxylic acids is 1. The van der Waals surface area contributed by atoms with Crippen LogP contribution in [0.5, 0.6) is 0 Å². The molecule has 1 aliphatic heterocycles. The zero-order chi connectivity index (χ0) is 27.7. The number of likely N-dealkylation sites (tertiary alicyclic amines) is 1. The highest BCUT2D eigenvalue weighted by molar-refractivity contribution is 5.92. The summed E-state index contributed by atoms with van der Waals surface area (Å²) in [6.45, 7) is 11.5. The minimum absolute atomic E-state index is 0.213. The van der Waals surface area contributed by atoms with Crippen molar-refractivity contribution < 1.29 is 9.90 Å². The van der Waals surface area contributed by atoms with Gasteiger partial charge in [0.1, 0.15) is 0 Å². The number of fused-ring (bicyclic) bond motifs is 1. The third-order valence-corrected chi connectivity index (χ3v) is 9.03. The van der Waals surface area contributed by atoms with Crippen molar-refractivity contribution in [2.75, 3.05) is 33.2 Å².